The molecular formula is C14H20O3. The Morgan fingerprint density at radius 1 is 1.35 bits per heavy atom. The maximum atomic E-state index is 9.58. The average molecular weight is 236 g/mol. The van der Waals surface area contributed by atoms with Crippen LogP contribution in [0.15, 0.2) is 43.0 Å². The molecule has 0 aliphatic heterocycles. The zero-order valence-corrected chi connectivity index (χ0v) is 10.2. The van der Waals surface area contributed by atoms with Gasteiger partial charge in [0.05, 0.1) is 18.8 Å². The fraction of sp³-hybridized carbons (Fsp3) is 0.429. The molecule has 1 aromatic carbocycles. The number of hydrogen-bond acceptors (Lipinski definition) is 3. The predicted molar refractivity (Wildman–Crippen MR) is 67.5 cm³/mol. The summed E-state index contributed by atoms with van der Waals surface area (Å²) in [6.45, 7) is 6.10. The van der Waals surface area contributed by atoms with E-state index in [1.807, 2.05) is 37.3 Å². The summed E-state index contributed by atoms with van der Waals surface area (Å²) in [6, 6.07) is 9.89. The summed E-state index contributed by atoms with van der Waals surface area (Å²) in [6.07, 6.45) is 1.44. The highest BCUT2D eigenvalue weighted by molar-refractivity contribution is 5.13. The van der Waals surface area contributed by atoms with Gasteiger partial charge in [-0.25, -0.2) is 0 Å². The minimum atomic E-state index is -0.521. The van der Waals surface area contributed by atoms with E-state index >= 15 is 0 Å². The third-order valence-electron chi connectivity index (χ3n) is 2.48. The van der Waals surface area contributed by atoms with Crippen LogP contribution in [0.1, 0.15) is 18.9 Å². The minimum absolute atomic E-state index is 0.185. The molecule has 3 heteroatoms. The average Bonchev–Trinajstić information content (AvgIpc) is 2.36. The Morgan fingerprint density at radius 3 is 2.71 bits per heavy atom. The van der Waals surface area contributed by atoms with E-state index in [1.54, 1.807) is 6.08 Å². The summed E-state index contributed by atoms with van der Waals surface area (Å²) < 4.78 is 10.7. The Kier molecular flexibility index (Phi) is 6.55. The van der Waals surface area contributed by atoms with Gasteiger partial charge in [-0.15, -0.1) is 6.58 Å². The lowest BCUT2D eigenvalue weighted by Gasteiger charge is -2.18. The predicted octanol–water partition coefficient (Wildman–Crippen LogP) is 2.50. The molecule has 0 fully saturated rings. The lowest BCUT2D eigenvalue weighted by molar-refractivity contribution is -0.121. The molecule has 0 amide bonds. The Balaban J connectivity index is 2.13. The third kappa shape index (κ3) is 5.63. The first kappa shape index (κ1) is 13.9. The number of aliphatic hydroxyl groups is 1. The normalized spacial score (nSPS) is 14.2. The van der Waals surface area contributed by atoms with E-state index < -0.39 is 6.10 Å². The van der Waals surface area contributed by atoms with Gasteiger partial charge in [0.2, 0.25) is 0 Å². The molecule has 3 nitrogen and oxygen atoms in total. The molecule has 1 rings (SSSR count). The van der Waals surface area contributed by atoms with Crippen molar-refractivity contribution in [2.75, 3.05) is 6.79 Å². The van der Waals surface area contributed by atoms with Crippen LogP contribution < -0.4 is 0 Å². The Labute approximate surface area is 103 Å². The topological polar surface area (TPSA) is 38.7 Å². The Morgan fingerprint density at radius 2 is 2.06 bits per heavy atom. The van der Waals surface area contributed by atoms with Crippen LogP contribution in [-0.2, 0) is 16.1 Å². The fourth-order valence-corrected chi connectivity index (χ4v) is 1.36. The summed E-state index contributed by atoms with van der Waals surface area (Å²) in [5, 5.41) is 9.58. The van der Waals surface area contributed by atoms with Crippen LogP contribution in [0.2, 0.25) is 0 Å². The molecule has 0 aliphatic carbocycles. The number of rotatable bonds is 8. The third-order valence-corrected chi connectivity index (χ3v) is 2.48. The maximum absolute atomic E-state index is 9.58. The molecule has 94 valence electrons. The van der Waals surface area contributed by atoms with Gasteiger partial charge >= 0.3 is 0 Å². The van der Waals surface area contributed by atoms with E-state index in [4.69, 9.17) is 9.47 Å². The Bertz CT molecular complexity index is 311. The van der Waals surface area contributed by atoms with Gasteiger partial charge < -0.3 is 14.6 Å². The molecular weight excluding hydrogens is 216 g/mol. The second-order valence-corrected chi connectivity index (χ2v) is 3.92. The summed E-state index contributed by atoms with van der Waals surface area (Å²) in [4.78, 5) is 0. The van der Waals surface area contributed by atoms with Gasteiger partial charge in [-0.3, -0.25) is 0 Å². The molecule has 0 heterocycles. The van der Waals surface area contributed by atoms with Crippen LogP contribution in [-0.4, -0.2) is 24.1 Å². The number of benzene rings is 1. The van der Waals surface area contributed by atoms with Crippen molar-refractivity contribution in [1.29, 1.82) is 0 Å². The van der Waals surface area contributed by atoms with Crippen molar-refractivity contribution in [2.24, 2.45) is 0 Å². The molecule has 0 radical (unpaired) electrons. The number of aliphatic hydroxyl groups excluding tert-OH is 1. The zero-order valence-electron chi connectivity index (χ0n) is 10.2. The van der Waals surface area contributed by atoms with Crippen LogP contribution in [0.25, 0.3) is 0 Å². The van der Waals surface area contributed by atoms with Crippen molar-refractivity contribution in [2.45, 2.75) is 32.2 Å². The summed E-state index contributed by atoms with van der Waals surface area (Å²) in [5.74, 6) is 0. The first-order valence-corrected chi connectivity index (χ1v) is 5.76. The SMILES string of the molecule is C=CC[C@@H](O)[C@@H](C)OCOCc1ccccc1. The van der Waals surface area contributed by atoms with Crippen molar-refractivity contribution in [3.05, 3.63) is 48.6 Å². The molecule has 0 spiro atoms. The lowest BCUT2D eigenvalue weighted by atomic mass is 10.1. The molecule has 0 aliphatic rings. The zero-order chi connectivity index (χ0) is 12.5. The second-order valence-electron chi connectivity index (χ2n) is 3.92. The van der Waals surface area contributed by atoms with Gasteiger partial charge in [0.25, 0.3) is 0 Å². The van der Waals surface area contributed by atoms with Crippen LogP contribution in [0.5, 0.6) is 0 Å². The van der Waals surface area contributed by atoms with Gasteiger partial charge in [-0.2, -0.15) is 0 Å². The molecule has 0 aromatic heterocycles. The van der Waals surface area contributed by atoms with Crippen LogP contribution in [0, 0.1) is 0 Å². The minimum Gasteiger partial charge on any atom is -0.390 e. The molecule has 0 saturated heterocycles. The Hall–Kier alpha value is -1.16. The van der Waals surface area contributed by atoms with Crippen molar-refractivity contribution >= 4 is 0 Å². The molecule has 0 saturated carbocycles. The standard InChI is InChI=1S/C14H20O3/c1-3-7-14(15)12(2)17-11-16-10-13-8-5-4-6-9-13/h3-6,8-9,12,14-15H,1,7,10-11H2,2H3/t12-,14-/m1/s1. The van der Waals surface area contributed by atoms with E-state index in [0.29, 0.717) is 13.0 Å². The highest BCUT2D eigenvalue weighted by Gasteiger charge is 2.12. The van der Waals surface area contributed by atoms with Crippen molar-refractivity contribution < 1.29 is 14.6 Å². The molecule has 17 heavy (non-hydrogen) atoms. The quantitative estimate of drug-likeness (QED) is 0.428. The van der Waals surface area contributed by atoms with E-state index in [2.05, 4.69) is 6.58 Å². The van der Waals surface area contributed by atoms with Crippen LogP contribution in [0.4, 0.5) is 0 Å². The van der Waals surface area contributed by atoms with E-state index in [-0.39, 0.29) is 12.9 Å². The monoisotopic (exact) mass is 236 g/mol. The van der Waals surface area contributed by atoms with Crippen molar-refractivity contribution in [3.63, 3.8) is 0 Å². The van der Waals surface area contributed by atoms with Gasteiger partial charge in [0, 0.05) is 0 Å². The fourth-order valence-electron chi connectivity index (χ4n) is 1.36. The van der Waals surface area contributed by atoms with Gasteiger partial charge in [-0.05, 0) is 18.9 Å². The van der Waals surface area contributed by atoms with Gasteiger partial charge in [0.15, 0.2) is 0 Å². The van der Waals surface area contributed by atoms with E-state index in [1.165, 1.54) is 0 Å². The summed E-state index contributed by atoms with van der Waals surface area (Å²) >= 11 is 0. The largest absolute Gasteiger partial charge is 0.390 e. The number of ether oxygens (including phenoxy) is 2. The molecule has 0 bridgehead atoms. The van der Waals surface area contributed by atoms with Gasteiger partial charge in [-0.1, -0.05) is 36.4 Å². The smallest absolute Gasteiger partial charge is 0.147 e. The highest BCUT2D eigenvalue weighted by atomic mass is 16.7. The molecule has 2 atom stereocenters. The maximum Gasteiger partial charge on any atom is 0.147 e. The highest BCUT2D eigenvalue weighted by Crippen LogP contribution is 2.05. The van der Waals surface area contributed by atoms with E-state index in [9.17, 15) is 5.11 Å². The molecule has 0 unspecified atom stereocenters. The number of hydrogen-bond donors (Lipinski definition) is 1. The van der Waals surface area contributed by atoms with Crippen LogP contribution >= 0.6 is 0 Å². The summed E-state index contributed by atoms with van der Waals surface area (Å²) in [7, 11) is 0. The lowest BCUT2D eigenvalue weighted by Crippen LogP contribution is -2.26. The first-order chi connectivity index (χ1) is 8.24. The second kappa shape index (κ2) is 8.01. The molecule has 1 N–H and O–H groups in total. The van der Waals surface area contributed by atoms with Crippen molar-refractivity contribution in [1.82, 2.24) is 0 Å². The van der Waals surface area contributed by atoms with Crippen molar-refractivity contribution in [3.8, 4) is 0 Å². The van der Waals surface area contributed by atoms with Gasteiger partial charge in [0.1, 0.15) is 6.79 Å². The first-order valence-electron chi connectivity index (χ1n) is 5.76. The molecule has 1 aromatic rings. The van der Waals surface area contributed by atoms with Crippen LogP contribution in [0.3, 0.4) is 0 Å². The summed E-state index contributed by atoms with van der Waals surface area (Å²) in [5.41, 5.74) is 1.11. The van der Waals surface area contributed by atoms with E-state index in [0.717, 1.165) is 5.56 Å².